The number of carbonyl (C=O) groups is 1. The Hall–Kier alpha value is -0.730. The van der Waals surface area contributed by atoms with Gasteiger partial charge in [-0.15, -0.1) is 23.2 Å². The average Bonchev–Trinajstić information content (AvgIpc) is 2.17. The highest BCUT2D eigenvalue weighted by molar-refractivity contribution is 6.20. The number of hydrogen-bond donors (Lipinski definition) is 1. The number of ketones is 1. The predicted octanol–water partition coefficient (Wildman–Crippen LogP) is 2.82. The smallest absolute Gasteiger partial charge is 0.166 e. The van der Waals surface area contributed by atoms with Crippen LogP contribution in [0.4, 0.5) is 5.69 Å². The first-order chi connectivity index (χ1) is 6.69. The maximum atomic E-state index is 11.5. The van der Waals surface area contributed by atoms with Crippen molar-refractivity contribution in [2.24, 2.45) is 0 Å². The summed E-state index contributed by atoms with van der Waals surface area (Å²) < 4.78 is 0. The molecule has 0 saturated carbocycles. The molecule has 1 aromatic carbocycles. The summed E-state index contributed by atoms with van der Waals surface area (Å²) in [5.74, 6) is 0.683. The number of carbonyl (C=O) groups excluding carboxylic acids is 1. The average molecular weight is 232 g/mol. The van der Waals surface area contributed by atoms with E-state index in [9.17, 15) is 4.79 Å². The van der Waals surface area contributed by atoms with Gasteiger partial charge in [0.25, 0.3) is 0 Å². The third kappa shape index (κ3) is 2.63. The van der Waals surface area contributed by atoms with Crippen molar-refractivity contribution in [2.45, 2.75) is 12.3 Å². The number of hydrogen-bond acceptors (Lipinski definition) is 2. The van der Waals surface area contributed by atoms with Gasteiger partial charge < -0.3 is 5.73 Å². The molecule has 0 atom stereocenters. The summed E-state index contributed by atoms with van der Waals surface area (Å²) in [6, 6.07) is 5.21. The molecular formula is C10H11Cl2NO. The number of nitrogens with two attached hydrogens (primary N) is 1. The summed E-state index contributed by atoms with van der Waals surface area (Å²) in [5, 5.41) is 0. The molecule has 0 spiro atoms. The third-order valence-corrected chi connectivity index (χ3v) is 2.39. The SMILES string of the molecule is Nc1cc(CCl)ccc1C(=O)CCCl. The van der Waals surface area contributed by atoms with Gasteiger partial charge in [0.2, 0.25) is 0 Å². The van der Waals surface area contributed by atoms with Crippen LogP contribution in [0.15, 0.2) is 18.2 Å². The molecule has 0 saturated heterocycles. The van der Waals surface area contributed by atoms with Crippen molar-refractivity contribution >= 4 is 34.7 Å². The van der Waals surface area contributed by atoms with Crippen LogP contribution in [0, 0.1) is 0 Å². The van der Waals surface area contributed by atoms with Crippen LogP contribution in [0.2, 0.25) is 0 Å². The maximum Gasteiger partial charge on any atom is 0.166 e. The van der Waals surface area contributed by atoms with Crippen molar-refractivity contribution in [1.29, 1.82) is 0 Å². The zero-order valence-corrected chi connectivity index (χ0v) is 9.11. The lowest BCUT2D eigenvalue weighted by Gasteiger charge is -2.04. The molecule has 2 nitrogen and oxygen atoms in total. The largest absolute Gasteiger partial charge is 0.398 e. The van der Waals surface area contributed by atoms with Crippen LogP contribution in [0.25, 0.3) is 0 Å². The molecule has 1 aromatic rings. The fraction of sp³-hybridized carbons (Fsp3) is 0.300. The van der Waals surface area contributed by atoms with E-state index in [0.717, 1.165) is 5.56 Å². The zero-order valence-electron chi connectivity index (χ0n) is 7.59. The molecule has 0 aliphatic carbocycles. The number of rotatable bonds is 4. The van der Waals surface area contributed by atoms with Crippen LogP contribution >= 0.6 is 23.2 Å². The number of nitrogen functional groups attached to an aromatic ring is 1. The van der Waals surface area contributed by atoms with Crippen molar-refractivity contribution in [3.05, 3.63) is 29.3 Å². The number of benzene rings is 1. The highest BCUT2D eigenvalue weighted by atomic mass is 35.5. The summed E-state index contributed by atoms with van der Waals surface area (Å²) in [5.41, 5.74) is 7.61. The van der Waals surface area contributed by atoms with E-state index < -0.39 is 0 Å². The van der Waals surface area contributed by atoms with Crippen molar-refractivity contribution < 1.29 is 4.79 Å². The third-order valence-electron chi connectivity index (χ3n) is 1.89. The Balaban J connectivity index is 2.94. The van der Waals surface area contributed by atoms with E-state index in [1.165, 1.54) is 0 Å². The topological polar surface area (TPSA) is 43.1 Å². The van der Waals surface area contributed by atoms with Gasteiger partial charge in [-0.3, -0.25) is 4.79 Å². The van der Waals surface area contributed by atoms with Gasteiger partial charge in [0.15, 0.2) is 5.78 Å². The van der Waals surface area contributed by atoms with E-state index in [2.05, 4.69) is 0 Å². The normalized spacial score (nSPS) is 10.1. The monoisotopic (exact) mass is 231 g/mol. The lowest BCUT2D eigenvalue weighted by atomic mass is 10.0. The van der Waals surface area contributed by atoms with Gasteiger partial charge in [0, 0.05) is 29.4 Å². The van der Waals surface area contributed by atoms with Crippen molar-refractivity contribution in [3.63, 3.8) is 0 Å². The summed E-state index contributed by atoms with van der Waals surface area (Å²) in [6.07, 6.45) is 0.311. The molecule has 0 fully saturated rings. The molecule has 0 aliphatic heterocycles. The molecule has 0 heterocycles. The molecule has 0 amide bonds. The van der Waals surface area contributed by atoms with Gasteiger partial charge in [0.1, 0.15) is 0 Å². The summed E-state index contributed by atoms with van der Waals surface area (Å²) in [6.45, 7) is 0. The fourth-order valence-corrected chi connectivity index (χ4v) is 1.51. The second-order valence-corrected chi connectivity index (χ2v) is 3.56. The number of Topliss-reactive ketones (excluding diaryl/α,β-unsaturated/α-hetero) is 1. The molecular weight excluding hydrogens is 221 g/mol. The van der Waals surface area contributed by atoms with Gasteiger partial charge >= 0.3 is 0 Å². The number of alkyl halides is 2. The van der Waals surface area contributed by atoms with E-state index in [0.29, 0.717) is 29.4 Å². The summed E-state index contributed by atoms with van der Waals surface area (Å²) in [7, 11) is 0. The van der Waals surface area contributed by atoms with Crippen LogP contribution in [-0.4, -0.2) is 11.7 Å². The van der Waals surface area contributed by atoms with E-state index in [4.69, 9.17) is 28.9 Å². The number of anilines is 1. The minimum Gasteiger partial charge on any atom is -0.398 e. The molecule has 0 unspecified atom stereocenters. The minimum absolute atomic E-state index is 0.0291. The molecule has 1 rings (SSSR count). The molecule has 2 N–H and O–H groups in total. The molecule has 14 heavy (non-hydrogen) atoms. The van der Waals surface area contributed by atoms with Gasteiger partial charge in [0.05, 0.1) is 0 Å². The van der Waals surface area contributed by atoms with E-state index in [1.807, 2.05) is 0 Å². The van der Waals surface area contributed by atoms with Crippen LogP contribution in [0.3, 0.4) is 0 Å². The Morgan fingerprint density at radius 3 is 2.57 bits per heavy atom. The Kier molecular flexibility index (Phi) is 4.23. The predicted molar refractivity (Wildman–Crippen MR) is 60.1 cm³/mol. The van der Waals surface area contributed by atoms with Crippen LogP contribution in [0.1, 0.15) is 22.3 Å². The van der Waals surface area contributed by atoms with Gasteiger partial charge in [-0.2, -0.15) is 0 Å². The second-order valence-electron chi connectivity index (χ2n) is 2.92. The van der Waals surface area contributed by atoms with Crippen LogP contribution in [0.5, 0.6) is 0 Å². The first-order valence-corrected chi connectivity index (χ1v) is 5.29. The highest BCUT2D eigenvalue weighted by Gasteiger charge is 2.08. The summed E-state index contributed by atoms with van der Waals surface area (Å²) >= 11 is 11.1. The van der Waals surface area contributed by atoms with E-state index in [-0.39, 0.29) is 5.78 Å². The zero-order chi connectivity index (χ0) is 10.6. The molecule has 4 heteroatoms. The molecule has 76 valence electrons. The quantitative estimate of drug-likeness (QED) is 0.492. The lowest BCUT2D eigenvalue weighted by Crippen LogP contribution is -2.04. The van der Waals surface area contributed by atoms with Crippen LogP contribution in [-0.2, 0) is 5.88 Å². The first-order valence-electron chi connectivity index (χ1n) is 4.22. The van der Waals surface area contributed by atoms with E-state index >= 15 is 0 Å². The van der Waals surface area contributed by atoms with Gasteiger partial charge in [-0.25, -0.2) is 0 Å². The van der Waals surface area contributed by atoms with Gasteiger partial charge in [-0.1, -0.05) is 6.07 Å². The molecule has 0 bridgehead atoms. The van der Waals surface area contributed by atoms with Crippen LogP contribution < -0.4 is 5.73 Å². The van der Waals surface area contributed by atoms with Crippen molar-refractivity contribution in [2.75, 3.05) is 11.6 Å². The fourth-order valence-electron chi connectivity index (χ4n) is 1.17. The second kappa shape index (κ2) is 5.23. The standard InChI is InChI=1S/C10H11Cl2NO/c11-4-3-10(14)8-2-1-7(6-12)5-9(8)13/h1-2,5H,3-4,6,13H2. The Morgan fingerprint density at radius 1 is 1.36 bits per heavy atom. The van der Waals surface area contributed by atoms with Gasteiger partial charge in [-0.05, 0) is 17.7 Å². The number of halogens is 2. The van der Waals surface area contributed by atoms with Crippen molar-refractivity contribution in [1.82, 2.24) is 0 Å². The minimum atomic E-state index is -0.0291. The molecule has 0 radical (unpaired) electrons. The molecule has 0 aromatic heterocycles. The Bertz CT molecular complexity index is 339. The Morgan fingerprint density at radius 2 is 2.07 bits per heavy atom. The van der Waals surface area contributed by atoms with E-state index in [1.54, 1.807) is 18.2 Å². The lowest BCUT2D eigenvalue weighted by molar-refractivity contribution is 0.0990. The highest BCUT2D eigenvalue weighted by Crippen LogP contribution is 2.17. The molecule has 0 aliphatic rings. The Labute approximate surface area is 93.0 Å². The summed E-state index contributed by atoms with van der Waals surface area (Å²) in [4.78, 5) is 11.5. The first kappa shape index (κ1) is 11.3. The maximum absolute atomic E-state index is 11.5. The van der Waals surface area contributed by atoms with Crippen molar-refractivity contribution in [3.8, 4) is 0 Å².